The second-order valence-corrected chi connectivity index (χ2v) is 8.67. The Morgan fingerprint density at radius 3 is 2.81 bits per heavy atom. The average molecular weight is 482 g/mol. The SMILES string of the molecule is CCOc1cccc(Cn2ccc3cnc(C(=O)Nc4cccc(-c5nncn5C(C)C)n4)cc32)c1. The fourth-order valence-corrected chi connectivity index (χ4v) is 4.06. The Hall–Kier alpha value is -4.53. The maximum Gasteiger partial charge on any atom is 0.275 e. The van der Waals surface area contributed by atoms with Crippen molar-refractivity contribution in [2.75, 3.05) is 11.9 Å². The van der Waals surface area contributed by atoms with Crippen molar-refractivity contribution in [2.24, 2.45) is 0 Å². The van der Waals surface area contributed by atoms with Crippen LogP contribution in [-0.2, 0) is 6.54 Å². The first-order valence-corrected chi connectivity index (χ1v) is 11.9. The fraction of sp³-hybridized carbons (Fsp3) is 0.222. The highest BCUT2D eigenvalue weighted by atomic mass is 16.5. The van der Waals surface area contributed by atoms with Gasteiger partial charge in [-0.3, -0.25) is 9.78 Å². The number of hydrogen-bond donors (Lipinski definition) is 1. The van der Waals surface area contributed by atoms with Crippen molar-refractivity contribution in [1.82, 2.24) is 29.3 Å². The predicted molar refractivity (Wildman–Crippen MR) is 138 cm³/mol. The van der Waals surface area contributed by atoms with E-state index in [9.17, 15) is 4.79 Å². The van der Waals surface area contributed by atoms with Gasteiger partial charge in [0.1, 0.15) is 29.3 Å². The minimum Gasteiger partial charge on any atom is -0.494 e. The maximum atomic E-state index is 13.1. The molecule has 0 radical (unpaired) electrons. The van der Waals surface area contributed by atoms with Crippen molar-refractivity contribution in [1.29, 1.82) is 0 Å². The summed E-state index contributed by atoms with van der Waals surface area (Å²) in [6.45, 7) is 7.33. The molecule has 182 valence electrons. The first-order chi connectivity index (χ1) is 17.5. The minimum atomic E-state index is -0.335. The molecule has 1 N–H and O–H groups in total. The Morgan fingerprint density at radius 2 is 1.97 bits per heavy atom. The van der Waals surface area contributed by atoms with Crippen LogP contribution in [0, 0.1) is 0 Å². The van der Waals surface area contributed by atoms with Gasteiger partial charge in [-0.25, -0.2) is 4.98 Å². The summed E-state index contributed by atoms with van der Waals surface area (Å²) >= 11 is 0. The molecule has 0 aliphatic rings. The number of carbonyl (C=O) groups excluding carboxylic acids is 1. The summed E-state index contributed by atoms with van der Waals surface area (Å²) in [6.07, 6.45) is 5.39. The molecule has 0 saturated heterocycles. The number of nitrogens with zero attached hydrogens (tertiary/aromatic N) is 6. The van der Waals surface area contributed by atoms with Crippen LogP contribution in [0.4, 0.5) is 5.82 Å². The predicted octanol–water partition coefficient (Wildman–Crippen LogP) is 4.97. The fourth-order valence-electron chi connectivity index (χ4n) is 4.06. The number of amides is 1. The third-order valence-electron chi connectivity index (χ3n) is 5.80. The zero-order chi connectivity index (χ0) is 25.1. The molecule has 0 aliphatic carbocycles. The van der Waals surface area contributed by atoms with E-state index in [2.05, 4.69) is 36.1 Å². The van der Waals surface area contributed by atoms with Gasteiger partial charge in [0.25, 0.3) is 5.91 Å². The van der Waals surface area contributed by atoms with Gasteiger partial charge in [-0.1, -0.05) is 18.2 Å². The van der Waals surface area contributed by atoms with Gasteiger partial charge in [-0.05, 0) is 62.7 Å². The van der Waals surface area contributed by atoms with Gasteiger partial charge in [-0.15, -0.1) is 10.2 Å². The summed E-state index contributed by atoms with van der Waals surface area (Å²) < 4.78 is 9.65. The molecule has 1 amide bonds. The lowest BCUT2D eigenvalue weighted by atomic mass is 10.2. The van der Waals surface area contributed by atoms with Crippen LogP contribution < -0.4 is 10.1 Å². The van der Waals surface area contributed by atoms with E-state index >= 15 is 0 Å². The van der Waals surface area contributed by atoms with Crippen molar-refractivity contribution in [2.45, 2.75) is 33.4 Å². The molecular formula is C27H27N7O2. The minimum absolute atomic E-state index is 0.184. The van der Waals surface area contributed by atoms with Crippen LogP contribution in [0.2, 0.25) is 0 Å². The second-order valence-electron chi connectivity index (χ2n) is 8.67. The highest BCUT2D eigenvalue weighted by Crippen LogP contribution is 2.22. The molecule has 0 spiro atoms. The van der Waals surface area contributed by atoms with Crippen LogP contribution >= 0.6 is 0 Å². The lowest BCUT2D eigenvalue weighted by molar-refractivity contribution is 0.102. The first kappa shape index (κ1) is 23.2. The number of benzene rings is 1. The third-order valence-corrected chi connectivity index (χ3v) is 5.80. The van der Waals surface area contributed by atoms with Crippen LogP contribution in [0.25, 0.3) is 22.4 Å². The Morgan fingerprint density at radius 1 is 1.11 bits per heavy atom. The third kappa shape index (κ3) is 4.81. The largest absolute Gasteiger partial charge is 0.494 e. The van der Waals surface area contributed by atoms with E-state index in [1.807, 2.05) is 67.9 Å². The van der Waals surface area contributed by atoms with Crippen molar-refractivity contribution < 1.29 is 9.53 Å². The Balaban J connectivity index is 1.37. The van der Waals surface area contributed by atoms with E-state index in [1.54, 1.807) is 24.7 Å². The number of aromatic nitrogens is 6. The van der Waals surface area contributed by atoms with Gasteiger partial charge in [0, 0.05) is 30.4 Å². The smallest absolute Gasteiger partial charge is 0.275 e. The molecule has 0 aliphatic heterocycles. The van der Waals surface area contributed by atoms with Crippen LogP contribution in [-0.4, -0.2) is 41.8 Å². The topological polar surface area (TPSA) is 99.8 Å². The summed E-state index contributed by atoms with van der Waals surface area (Å²) in [5.41, 5.74) is 2.97. The van der Waals surface area contributed by atoms with Crippen LogP contribution in [0.5, 0.6) is 5.75 Å². The molecule has 9 nitrogen and oxygen atoms in total. The Kier molecular flexibility index (Phi) is 6.44. The molecule has 9 heteroatoms. The van der Waals surface area contributed by atoms with Crippen LogP contribution in [0.1, 0.15) is 42.9 Å². The quantitative estimate of drug-likeness (QED) is 0.336. The number of pyridine rings is 2. The van der Waals surface area contributed by atoms with E-state index in [0.717, 1.165) is 22.2 Å². The maximum absolute atomic E-state index is 13.1. The monoisotopic (exact) mass is 481 g/mol. The number of nitrogens with one attached hydrogen (secondary N) is 1. The van der Waals surface area contributed by atoms with Gasteiger partial charge in [0.05, 0.1) is 12.1 Å². The molecule has 5 rings (SSSR count). The van der Waals surface area contributed by atoms with Gasteiger partial charge in [-0.2, -0.15) is 0 Å². The lowest BCUT2D eigenvalue weighted by Crippen LogP contribution is -2.15. The highest BCUT2D eigenvalue weighted by molar-refractivity contribution is 6.04. The van der Waals surface area contributed by atoms with E-state index in [4.69, 9.17) is 4.74 Å². The van der Waals surface area contributed by atoms with E-state index in [1.165, 1.54) is 0 Å². The van der Waals surface area contributed by atoms with Crippen LogP contribution in [0.15, 0.2) is 73.3 Å². The molecule has 1 aromatic carbocycles. The lowest BCUT2D eigenvalue weighted by Gasteiger charge is -2.11. The van der Waals surface area contributed by atoms with Crippen LogP contribution in [0.3, 0.4) is 0 Å². The Bertz CT molecular complexity index is 1520. The van der Waals surface area contributed by atoms with Crippen molar-refractivity contribution in [3.05, 3.63) is 84.6 Å². The molecule has 36 heavy (non-hydrogen) atoms. The molecule has 0 bridgehead atoms. The highest BCUT2D eigenvalue weighted by Gasteiger charge is 2.15. The summed E-state index contributed by atoms with van der Waals surface area (Å²) in [6, 6.07) is 17.4. The molecule has 0 fully saturated rings. The first-order valence-electron chi connectivity index (χ1n) is 11.9. The molecule has 0 atom stereocenters. The number of rotatable bonds is 8. The Labute approximate surface area is 208 Å². The molecular weight excluding hydrogens is 454 g/mol. The summed E-state index contributed by atoms with van der Waals surface area (Å²) in [5.74, 6) is 1.57. The van der Waals surface area contributed by atoms with Gasteiger partial charge in [0.2, 0.25) is 0 Å². The van der Waals surface area contributed by atoms with E-state index in [-0.39, 0.29) is 11.9 Å². The van der Waals surface area contributed by atoms with Crippen molar-refractivity contribution in [3.63, 3.8) is 0 Å². The van der Waals surface area contributed by atoms with E-state index < -0.39 is 0 Å². The summed E-state index contributed by atoms with van der Waals surface area (Å²) in [7, 11) is 0. The van der Waals surface area contributed by atoms with E-state index in [0.29, 0.717) is 36.2 Å². The zero-order valence-corrected chi connectivity index (χ0v) is 20.4. The summed E-state index contributed by atoms with van der Waals surface area (Å²) in [4.78, 5) is 22.0. The number of carbonyl (C=O) groups is 1. The molecule has 4 aromatic heterocycles. The average Bonchev–Trinajstić information content (AvgIpc) is 3.52. The van der Waals surface area contributed by atoms with Gasteiger partial charge in [0.15, 0.2) is 5.82 Å². The second kappa shape index (κ2) is 9.99. The van der Waals surface area contributed by atoms with Crippen molar-refractivity contribution in [3.8, 4) is 17.3 Å². The molecule has 5 aromatic rings. The number of hydrogen-bond acceptors (Lipinski definition) is 6. The van der Waals surface area contributed by atoms with Crippen molar-refractivity contribution >= 4 is 22.6 Å². The molecule has 0 unspecified atom stereocenters. The number of ether oxygens (including phenoxy) is 1. The van der Waals surface area contributed by atoms with Gasteiger partial charge >= 0.3 is 0 Å². The molecule has 4 heterocycles. The number of anilines is 1. The standard InChI is InChI=1S/C27H27N7O2/c1-4-36-21-8-5-7-19(13-21)16-33-12-11-20-15-28-23(14-24(20)33)27(35)31-25-10-6-9-22(30-25)26-32-29-17-34(26)18(2)3/h5-15,17-18H,4,16H2,1-3H3,(H,30,31,35). The van der Waals surface area contributed by atoms with Gasteiger partial charge < -0.3 is 19.2 Å². The normalized spacial score (nSPS) is 11.2. The molecule has 0 saturated carbocycles. The number of fused-ring (bicyclic) bond motifs is 1. The summed E-state index contributed by atoms with van der Waals surface area (Å²) in [5, 5.41) is 12.0. The zero-order valence-electron chi connectivity index (χ0n) is 20.4.